The topological polar surface area (TPSA) is 74.4 Å². The van der Waals surface area contributed by atoms with Crippen molar-refractivity contribution in [1.82, 2.24) is 0 Å². The molecule has 144 valence electrons. The maximum Gasteiger partial charge on any atom is 0.488 e. The molecule has 0 atom stereocenters. The second-order valence-corrected chi connectivity index (χ2v) is 6.63. The van der Waals surface area contributed by atoms with E-state index in [-0.39, 0.29) is 0 Å². The van der Waals surface area contributed by atoms with E-state index in [1.165, 1.54) is 38.5 Å². The van der Waals surface area contributed by atoms with Crippen LogP contribution in [-0.4, -0.2) is 23.8 Å². The van der Waals surface area contributed by atoms with E-state index in [0.29, 0.717) is 11.2 Å². The van der Waals surface area contributed by atoms with Crippen molar-refractivity contribution in [2.75, 3.05) is 6.61 Å². The van der Waals surface area contributed by atoms with Crippen LogP contribution in [-0.2, 0) is 0 Å². The molecule has 0 fully saturated rings. The molecule has 0 aliphatic carbocycles. The zero-order valence-corrected chi connectivity index (χ0v) is 16.1. The molecule has 0 amide bonds. The lowest BCUT2D eigenvalue weighted by atomic mass is 9.80. The fraction of sp³-hybridized carbons (Fsp3) is 0.429. The van der Waals surface area contributed by atoms with Crippen molar-refractivity contribution in [3.63, 3.8) is 0 Å². The molecule has 6 heteroatoms. The van der Waals surface area contributed by atoms with Gasteiger partial charge in [-0.15, -0.1) is 0 Å². The Morgan fingerprint density at radius 2 is 1.26 bits per heavy atom. The lowest BCUT2D eigenvalue weighted by molar-refractivity contribution is 0.304. The van der Waals surface area contributed by atoms with E-state index in [1.807, 2.05) is 24.3 Å². The molecule has 0 aromatic heterocycles. The van der Waals surface area contributed by atoms with Gasteiger partial charge < -0.3 is 14.8 Å². The monoisotopic (exact) mass is 368 g/mol. The highest BCUT2D eigenvalue weighted by molar-refractivity contribution is 6.58. The summed E-state index contributed by atoms with van der Waals surface area (Å²) in [7, 11) is -1.47. The van der Waals surface area contributed by atoms with Gasteiger partial charge in [0.25, 0.3) is 0 Å². The van der Waals surface area contributed by atoms with Gasteiger partial charge in [-0.05, 0) is 48.3 Å². The normalized spacial score (nSPS) is 11.1. The third-order valence-corrected chi connectivity index (χ3v) is 4.33. The Labute approximate surface area is 162 Å². The predicted molar refractivity (Wildman–Crippen MR) is 110 cm³/mol. The highest BCUT2D eigenvalue weighted by atomic mass is 16.5. The Kier molecular flexibility index (Phi) is 9.59. The summed E-state index contributed by atoms with van der Waals surface area (Å²) in [5.41, 5.74) is 1.82. The minimum Gasteiger partial charge on any atom is -0.494 e. The molecule has 0 unspecified atom stereocenters. The molecule has 0 radical (unpaired) electrons. The standard InChI is InChI=1S/C21H29BN2O3/c1-2-3-4-5-6-7-8-17-27-21-15-13-20(14-16-21)24-23-19-11-9-18(10-12-19)22(25)26/h9-16,25-26H,2-8,17H2,1H3. The lowest BCUT2D eigenvalue weighted by Gasteiger charge is -2.06. The first kappa shape index (κ1) is 21.1. The van der Waals surface area contributed by atoms with Crippen LogP contribution in [0.5, 0.6) is 5.75 Å². The van der Waals surface area contributed by atoms with Gasteiger partial charge in [0.15, 0.2) is 0 Å². The average Bonchev–Trinajstić information content (AvgIpc) is 2.69. The van der Waals surface area contributed by atoms with Crippen molar-refractivity contribution in [2.24, 2.45) is 10.2 Å². The van der Waals surface area contributed by atoms with E-state index in [2.05, 4.69) is 17.2 Å². The Morgan fingerprint density at radius 3 is 1.81 bits per heavy atom. The van der Waals surface area contributed by atoms with Gasteiger partial charge in [0, 0.05) is 0 Å². The van der Waals surface area contributed by atoms with Gasteiger partial charge in [-0.1, -0.05) is 57.6 Å². The maximum atomic E-state index is 9.07. The van der Waals surface area contributed by atoms with Crippen LogP contribution in [0.3, 0.4) is 0 Å². The summed E-state index contributed by atoms with van der Waals surface area (Å²) in [6.45, 7) is 2.99. The van der Waals surface area contributed by atoms with Gasteiger partial charge in [0.2, 0.25) is 0 Å². The van der Waals surface area contributed by atoms with Crippen LogP contribution in [0, 0.1) is 0 Å². The van der Waals surface area contributed by atoms with Crippen LogP contribution in [0.25, 0.3) is 0 Å². The first-order chi connectivity index (χ1) is 13.2. The molecular formula is C21H29BN2O3. The van der Waals surface area contributed by atoms with E-state index in [4.69, 9.17) is 14.8 Å². The van der Waals surface area contributed by atoms with Crippen molar-refractivity contribution in [3.05, 3.63) is 48.5 Å². The van der Waals surface area contributed by atoms with E-state index in [1.54, 1.807) is 24.3 Å². The molecule has 27 heavy (non-hydrogen) atoms. The highest BCUT2D eigenvalue weighted by Gasteiger charge is 2.09. The smallest absolute Gasteiger partial charge is 0.488 e. The summed E-state index contributed by atoms with van der Waals surface area (Å²) in [6.07, 6.45) is 8.92. The second-order valence-electron chi connectivity index (χ2n) is 6.63. The highest BCUT2D eigenvalue weighted by Crippen LogP contribution is 2.21. The zero-order chi connectivity index (χ0) is 19.3. The third kappa shape index (κ3) is 8.37. The van der Waals surface area contributed by atoms with Crippen LogP contribution >= 0.6 is 0 Å². The molecule has 0 heterocycles. The van der Waals surface area contributed by atoms with E-state index in [0.717, 1.165) is 24.5 Å². The van der Waals surface area contributed by atoms with E-state index in [9.17, 15) is 0 Å². The Morgan fingerprint density at radius 1 is 0.741 bits per heavy atom. The second kappa shape index (κ2) is 12.3. The van der Waals surface area contributed by atoms with Crippen molar-refractivity contribution >= 4 is 24.0 Å². The molecule has 0 aliphatic rings. The van der Waals surface area contributed by atoms with E-state index < -0.39 is 7.12 Å². The molecule has 2 rings (SSSR count). The van der Waals surface area contributed by atoms with Gasteiger partial charge in [-0.25, -0.2) is 0 Å². The average molecular weight is 368 g/mol. The number of nitrogens with zero attached hydrogens (tertiary/aromatic N) is 2. The van der Waals surface area contributed by atoms with Crippen LogP contribution in [0.4, 0.5) is 11.4 Å². The lowest BCUT2D eigenvalue weighted by Crippen LogP contribution is -2.29. The summed E-state index contributed by atoms with van der Waals surface area (Å²) in [6, 6.07) is 14.2. The first-order valence-electron chi connectivity index (χ1n) is 9.79. The van der Waals surface area contributed by atoms with Gasteiger partial charge in [0.05, 0.1) is 18.0 Å². The number of unbranched alkanes of at least 4 members (excludes halogenated alkanes) is 6. The molecule has 0 aliphatic heterocycles. The first-order valence-corrected chi connectivity index (χ1v) is 9.79. The van der Waals surface area contributed by atoms with Crippen LogP contribution < -0.4 is 10.2 Å². The number of rotatable bonds is 12. The van der Waals surface area contributed by atoms with Gasteiger partial charge in [-0.2, -0.15) is 10.2 Å². The van der Waals surface area contributed by atoms with Crippen LogP contribution in [0.1, 0.15) is 51.9 Å². The van der Waals surface area contributed by atoms with E-state index >= 15 is 0 Å². The van der Waals surface area contributed by atoms with Crippen molar-refractivity contribution in [2.45, 2.75) is 51.9 Å². The van der Waals surface area contributed by atoms with Crippen molar-refractivity contribution < 1.29 is 14.8 Å². The van der Waals surface area contributed by atoms with Crippen LogP contribution in [0.15, 0.2) is 58.8 Å². The summed E-state index contributed by atoms with van der Waals surface area (Å²) >= 11 is 0. The maximum absolute atomic E-state index is 9.07. The fourth-order valence-electron chi connectivity index (χ4n) is 2.69. The van der Waals surface area contributed by atoms with Gasteiger partial charge in [-0.3, -0.25) is 0 Å². The molecule has 0 saturated carbocycles. The minimum atomic E-state index is -1.47. The fourth-order valence-corrected chi connectivity index (χ4v) is 2.69. The molecule has 5 nitrogen and oxygen atoms in total. The quantitative estimate of drug-likeness (QED) is 0.318. The Hall–Kier alpha value is -2.18. The summed E-state index contributed by atoms with van der Waals surface area (Å²) in [5, 5.41) is 26.5. The molecule has 2 N–H and O–H groups in total. The zero-order valence-electron chi connectivity index (χ0n) is 16.1. The van der Waals surface area contributed by atoms with Gasteiger partial charge in [0.1, 0.15) is 5.75 Å². The molecule has 0 spiro atoms. The number of hydrogen-bond acceptors (Lipinski definition) is 5. The number of azo groups is 1. The summed E-state index contributed by atoms with van der Waals surface area (Å²) in [4.78, 5) is 0. The molecule has 2 aromatic carbocycles. The van der Waals surface area contributed by atoms with Gasteiger partial charge >= 0.3 is 7.12 Å². The largest absolute Gasteiger partial charge is 0.494 e. The molecule has 0 bridgehead atoms. The Balaban J connectivity index is 1.70. The number of hydrogen-bond donors (Lipinski definition) is 2. The number of ether oxygens (including phenoxy) is 1. The summed E-state index contributed by atoms with van der Waals surface area (Å²) < 4.78 is 5.77. The molecular weight excluding hydrogens is 339 g/mol. The molecule has 0 saturated heterocycles. The summed E-state index contributed by atoms with van der Waals surface area (Å²) in [5.74, 6) is 0.848. The van der Waals surface area contributed by atoms with Crippen LogP contribution in [0.2, 0.25) is 0 Å². The van der Waals surface area contributed by atoms with Crippen molar-refractivity contribution in [1.29, 1.82) is 0 Å². The predicted octanol–water partition coefficient (Wildman–Crippen LogP) is 4.91. The Bertz CT molecular complexity index is 673. The van der Waals surface area contributed by atoms with Crippen molar-refractivity contribution in [3.8, 4) is 5.75 Å². The third-order valence-electron chi connectivity index (χ3n) is 4.33. The SMILES string of the molecule is CCCCCCCCCOc1ccc(N=Nc2ccc(B(O)O)cc2)cc1. The number of benzene rings is 2. The minimum absolute atomic E-state index is 0.427. The molecule has 2 aromatic rings.